The number of aromatic nitrogens is 1. The van der Waals surface area contributed by atoms with E-state index in [4.69, 9.17) is 0 Å². The lowest BCUT2D eigenvalue weighted by molar-refractivity contribution is 0.931. The van der Waals surface area contributed by atoms with E-state index in [1.54, 1.807) is 0 Å². The van der Waals surface area contributed by atoms with Crippen LogP contribution in [-0.4, -0.2) is 17.5 Å². The molecule has 0 radical (unpaired) electrons. The minimum Gasteiger partial charge on any atom is -0.256 e. The van der Waals surface area contributed by atoms with Gasteiger partial charge in [0, 0.05) is 10.5 Å². The summed E-state index contributed by atoms with van der Waals surface area (Å²) in [7, 11) is 0. The molecule has 92 valence electrons. The first-order valence-corrected chi connectivity index (χ1v) is 8.29. The maximum atomic E-state index is 4.67. The number of nitrogens with zero attached hydrogens (tertiary/aromatic N) is 1. The molecule has 2 unspecified atom stereocenters. The molecule has 1 nitrogen and oxygen atoms in total. The molecule has 0 aromatic carbocycles. The zero-order valence-electron chi connectivity index (χ0n) is 11.2. The molecule has 0 fully saturated rings. The molecule has 0 saturated carbocycles. The van der Waals surface area contributed by atoms with E-state index in [0.717, 1.165) is 0 Å². The minimum atomic E-state index is 0.490. The van der Waals surface area contributed by atoms with Crippen molar-refractivity contribution in [2.24, 2.45) is 0 Å². The fourth-order valence-corrected chi connectivity index (χ4v) is 1.91. The Morgan fingerprint density at radius 1 is 0.938 bits per heavy atom. The van der Waals surface area contributed by atoms with Crippen molar-refractivity contribution in [3.8, 4) is 0 Å². The Labute approximate surface area is 109 Å². The van der Waals surface area contributed by atoms with Crippen LogP contribution in [-0.2, 0) is 0 Å². The van der Waals surface area contributed by atoms with E-state index in [0.29, 0.717) is 10.5 Å². The van der Waals surface area contributed by atoms with Gasteiger partial charge >= 0.3 is 0 Å². The van der Waals surface area contributed by atoms with E-state index < -0.39 is 0 Å². The third-order valence-corrected chi connectivity index (χ3v) is 4.23. The Hall–Kier alpha value is -0.150. The lowest BCUT2D eigenvalue weighted by atomic mass is 10.2. The summed E-state index contributed by atoms with van der Waals surface area (Å²) in [5, 5.41) is 0.980. The number of thioether (sulfide) groups is 2. The van der Waals surface area contributed by atoms with E-state index in [1.807, 2.05) is 37.4 Å². The van der Waals surface area contributed by atoms with Gasteiger partial charge in [0.15, 0.2) is 0 Å². The second-order valence-electron chi connectivity index (χ2n) is 3.24. The molecule has 0 saturated heterocycles. The van der Waals surface area contributed by atoms with Crippen molar-refractivity contribution in [3.05, 3.63) is 29.6 Å². The predicted octanol–water partition coefficient (Wildman–Crippen LogP) is 4.96. The Morgan fingerprint density at radius 3 is 1.62 bits per heavy atom. The quantitative estimate of drug-likeness (QED) is 0.757. The molecule has 0 bridgehead atoms. The lowest BCUT2D eigenvalue weighted by Gasteiger charge is -2.12. The van der Waals surface area contributed by atoms with Crippen LogP contribution in [0.15, 0.2) is 18.2 Å². The molecule has 0 amide bonds. The fourth-order valence-electron chi connectivity index (χ4n) is 1.16. The van der Waals surface area contributed by atoms with Gasteiger partial charge in [0.2, 0.25) is 0 Å². The van der Waals surface area contributed by atoms with Gasteiger partial charge in [-0.1, -0.05) is 19.9 Å². The van der Waals surface area contributed by atoms with Crippen LogP contribution in [0, 0.1) is 0 Å². The van der Waals surface area contributed by atoms with Gasteiger partial charge in [-0.3, -0.25) is 4.98 Å². The molecule has 0 N–H and O–H groups in total. The molecule has 0 aliphatic carbocycles. The summed E-state index contributed by atoms with van der Waals surface area (Å²) in [5.74, 6) is 0. The van der Waals surface area contributed by atoms with Crippen molar-refractivity contribution in [2.45, 2.75) is 38.2 Å². The van der Waals surface area contributed by atoms with Crippen LogP contribution in [0.3, 0.4) is 0 Å². The molecule has 0 spiro atoms. The summed E-state index contributed by atoms with van der Waals surface area (Å²) in [5.41, 5.74) is 2.38. The summed E-state index contributed by atoms with van der Waals surface area (Å²) in [4.78, 5) is 4.67. The smallest absolute Gasteiger partial charge is 0.0534 e. The first-order valence-electron chi connectivity index (χ1n) is 5.71. The summed E-state index contributed by atoms with van der Waals surface area (Å²) in [6.07, 6.45) is 4.24. The maximum absolute atomic E-state index is 4.67. The van der Waals surface area contributed by atoms with Gasteiger partial charge in [0.05, 0.1) is 11.4 Å². The Balaban J connectivity index is 0.00000106. The highest BCUT2D eigenvalue weighted by Gasteiger charge is 2.09. The first-order chi connectivity index (χ1) is 7.69. The van der Waals surface area contributed by atoms with Crippen LogP contribution in [0.2, 0.25) is 0 Å². The fraction of sp³-hybridized carbons (Fsp3) is 0.615. The van der Waals surface area contributed by atoms with E-state index in [9.17, 15) is 0 Å². The highest BCUT2D eigenvalue weighted by molar-refractivity contribution is 7.99. The van der Waals surface area contributed by atoms with Crippen LogP contribution < -0.4 is 0 Å². The SMILES string of the molecule is CC.CSC(C)c1cccc(C(C)SC)n1. The van der Waals surface area contributed by atoms with Gasteiger partial charge < -0.3 is 0 Å². The topological polar surface area (TPSA) is 12.9 Å². The molecule has 0 aliphatic rings. The van der Waals surface area contributed by atoms with E-state index in [1.165, 1.54) is 11.4 Å². The van der Waals surface area contributed by atoms with Crippen LogP contribution in [0.25, 0.3) is 0 Å². The Bertz CT molecular complexity index is 264. The van der Waals surface area contributed by atoms with Crippen molar-refractivity contribution in [3.63, 3.8) is 0 Å². The second-order valence-corrected chi connectivity index (χ2v) is 5.60. The molecule has 1 aromatic heterocycles. The van der Waals surface area contributed by atoms with Gasteiger partial charge in [-0.25, -0.2) is 0 Å². The first kappa shape index (κ1) is 15.9. The number of rotatable bonds is 4. The van der Waals surface area contributed by atoms with Crippen LogP contribution in [0.4, 0.5) is 0 Å². The molecular formula is C13H23NS2. The Kier molecular flexibility index (Phi) is 8.86. The Morgan fingerprint density at radius 2 is 1.31 bits per heavy atom. The molecule has 0 aliphatic heterocycles. The molecule has 3 heteroatoms. The third kappa shape index (κ3) is 4.79. The molecule has 1 aromatic rings. The van der Waals surface area contributed by atoms with E-state index >= 15 is 0 Å². The van der Waals surface area contributed by atoms with Gasteiger partial charge in [-0.15, -0.1) is 0 Å². The van der Waals surface area contributed by atoms with Crippen molar-refractivity contribution >= 4 is 23.5 Å². The van der Waals surface area contributed by atoms with Crippen molar-refractivity contribution in [1.82, 2.24) is 4.98 Å². The maximum Gasteiger partial charge on any atom is 0.0534 e. The highest BCUT2D eigenvalue weighted by Crippen LogP contribution is 2.28. The van der Waals surface area contributed by atoms with E-state index in [2.05, 4.69) is 49.5 Å². The van der Waals surface area contributed by atoms with Crippen molar-refractivity contribution in [1.29, 1.82) is 0 Å². The molecule has 16 heavy (non-hydrogen) atoms. The molecule has 2 atom stereocenters. The van der Waals surface area contributed by atoms with Crippen LogP contribution in [0.5, 0.6) is 0 Å². The van der Waals surface area contributed by atoms with Gasteiger partial charge in [0.25, 0.3) is 0 Å². The average Bonchev–Trinajstić information content (AvgIpc) is 2.39. The van der Waals surface area contributed by atoms with Crippen molar-refractivity contribution in [2.75, 3.05) is 12.5 Å². The predicted molar refractivity (Wildman–Crippen MR) is 79.4 cm³/mol. The second kappa shape index (κ2) is 8.94. The zero-order valence-corrected chi connectivity index (χ0v) is 12.8. The van der Waals surface area contributed by atoms with Crippen LogP contribution in [0.1, 0.15) is 49.6 Å². The summed E-state index contributed by atoms with van der Waals surface area (Å²) in [6.45, 7) is 8.39. The van der Waals surface area contributed by atoms with Gasteiger partial charge in [-0.05, 0) is 38.5 Å². The standard InChI is InChI=1S/C11H17NS2.C2H6/c1-8(13-3)10-6-5-7-11(12-10)9(2)14-4;1-2/h5-9H,1-4H3;1-2H3. The number of pyridine rings is 1. The zero-order chi connectivity index (χ0) is 12.6. The average molecular weight is 257 g/mol. The third-order valence-electron chi connectivity index (χ3n) is 2.33. The van der Waals surface area contributed by atoms with Gasteiger partial charge in [0.1, 0.15) is 0 Å². The summed E-state index contributed by atoms with van der Waals surface area (Å²) < 4.78 is 0. The molecule has 1 heterocycles. The number of hydrogen-bond donors (Lipinski definition) is 0. The van der Waals surface area contributed by atoms with Gasteiger partial charge in [-0.2, -0.15) is 23.5 Å². The highest BCUT2D eigenvalue weighted by atomic mass is 32.2. The number of hydrogen-bond acceptors (Lipinski definition) is 3. The van der Waals surface area contributed by atoms with Crippen LogP contribution >= 0.6 is 23.5 Å². The largest absolute Gasteiger partial charge is 0.256 e. The molecule has 1 rings (SSSR count). The molecular weight excluding hydrogens is 234 g/mol. The minimum absolute atomic E-state index is 0.490. The summed E-state index contributed by atoms with van der Waals surface area (Å²) in [6, 6.07) is 6.33. The van der Waals surface area contributed by atoms with Crippen molar-refractivity contribution < 1.29 is 0 Å². The summed E-state index contributed by atoms with van der Waals surface area (Å²) >= 11 is 3.67. The lowest BCUT2D eigenvalue weighted by Crippen LogP contribution is -1.98. The monoisotopic (exact) mass is 257 g/mol. The van der Waals surface area contributed by atoms with E-state index in [-0.39, 0.29) is 0 Å². The normalized spacial score (nSPS) is 13.6.